The van der Waals surface area contributed by atoms with E-state index >= 15 is 0 Å². The summed E-state index contributed by atoms with van der Waals surface area (Å²) in [6, 6.07) is 11.6. The van der Waals surface area contributed by atoms with Crippen molar-refractivity contribution in [2.45, 2.75) is 52.0 Å². The summed E-state index contributed by atoms with van der Waals surface area (Å²) in [5.74, 6) is -0.732. The first-order valence-electron chi connectivity index (χ1n) is 12.4. The van der Waals surface area contributed by atoms with E-state index in [0.717, 1.165) is 5.56 Å². The number of rotatable bonds is 10. The van der Waals surface area contributed by atoms with Gasteiger partial charge in [-0.15, -0.1) is 4.72 Å². The van der Waals surface area contributed by atoms with Crippen molar-refractivity contribution in [3.05, 3.63) is 83.4 Å². The third kappa shape index (κ3) is 7.35. The fraction of sp³-hybridized carbons (Fsp3) is 0.310. The Labute approximate surface area is 228 Å². The molecule has 0 saturated heterocycles. The molecular formula is C29H30F2N2O5S. The Kier molecular flexibility index (Phi) is 8.89. The molecule has 0 radical (unpaired) electrons. The molecule has 0 aliphatic heterocycles. The Morgan fingerprint density at radius 2 is 1.92 bits per heavy atom. The Hall–Kier alpha value is -3.47. The average molecular weight is 557 g/mol. The molecule has 206 valence electrons. The molecule has 0 aliphatic rings. The average Bonchev–Trinajstić information content (AvgIpc) is 3.26. The molecule has 1 unspecified atom stereocenters. The zero-order valence-corrected chi connectivity index (χ0v) is 23.0. The fourth-order valence-corrected chi connectivity index (χ4v) is 4.63. The first kappa shape index (κ1) is 28.5. The van der Waals surface area contributed by atoms with Crippen LogP contribution in [0.4, 0.5) is 8.78 Å². The van der Waals surface area contributed by atoms with Gasteiger partial charge in [-0.1, -0.05) is 6.07 Å². The summed E-state index contributed by atoms with van der Waals surface area (Å²) >= 11 is -1.27. The van der Waals surface area contributed by atoms with Crippen LogP contribution >= 0.6 is 0 Å². The van der Waals surface area contributed by atoms with E-state index in [9.17, 15) is 18.1 Å². The molecule has 1 atom stereocenters. The zero-order valence-electron chi connectivity index (χ0n) is 22.2. The van der Waals surface area contributed by atoms with Crippen LogP contribution in [0.2, 0.25) is 0 Å². The van der Waals surface area contributed by atoms with Crippen molar-refractivity contribution >= 4 is 28.3 Å². The zero-order chi connectivity index (χ0) is 28.2. The number of fused-ring (bicyclic) bond motifs is 1. The van der Waals surface area contributed by atoms with Gasteiger partial charge in [-0.2, -0.15) is 4.39 Å². The number of ether oxygens (including phenoxy) is 2. The highest BCUT2D eigenvalue weighted by atomic mass is 32.2. The minimum Gasteiger partial charge on any atom is -0.598 e. The molecule has 2 aromatic carbocycles. The molecule has 39 heavy (non-hydrogen) atoms. The van der Waals surface area contributed by atoms with Crippen LogP contribution in [0.3, 0.4) is 0 Å². The molecule has 0 amide bonds. The third-order valence-corrected chi connectivity index (χ3v) is 7.30. The standard InChI is InChI=1S/C29H30F2N2O5S/c1-5-36-27(34)14-20-6-7-22(30)15-25(20)37-17-18-10-21-13-26(31)38-28(21)24(11-18)19-8-9-32-23(12-19)16-33-39(35)29(2,3)4/h6-13,15,33H,5,14,16-17H2,1-4H3. The van der Waals surface area contributed by atoms with Crippen LogP contribution < -0.4 is 9.46 Å². The van der Waals surface area contributed by atoms with Gasteiger partial charge in [-0.3, -0.25) is 9.78 Å². The highest BCUT2D eigenvalue weighted by Crippen LogP contribution is 2.33. The van der Waals surface area contributed by atoms with Crippen LogP contribution in [0.5, 0.6) is 5.75 Å². The molecule has 2 heterocycles. The number of carbonyl (C=O) groups excluding carboxylic acids is 1. The summed E-state index contributed by atoms with van der Waals surface area (Å²) in [5, 5.41) is 0.528. The topological polar surface area (TPSA) is 96.7 Å². The molecule has 10 heteroatoms. The lowest BCUT2D eigenvalue weighted by atomic mass is 10.0. The number of pyridine rings is 1. The van der Waals surface area contributed by atoms with Crippen molar-refractivity contribution in [1.29, 1.82) is 0 Å². The first-order chi connectivity index (χ1) is 18.5. The monoisotopic (exact) mass is 556 g/mol. The summed E-state index contributed by atoms with van der Waals surface area (Å²) in [6.45, 7) is 7.87. The van der Waals surface area contributed by atoms with Crippen molar-refractivity contribution in [2.24, 2.45) is 0 Å². The molecule has 1 N–H and O–H groups in total. The molecule has 7 nitrogen and oxygen atoms in total. The van der Waals surface area contributed by atoms with E-state index in [1.807, 2.05) is 26.8 Å². The Balaban J connectivity index is 1.61. The van der Waals surface area contributed by atoms with Gasteiger partial charge in [0.25, 0.3) is 6.01 Å². The van der Waals surface area contributed by atoms with Crippen molar-refractivity contribution < 1.29 is 32.0 Å². The van der Waals surface area contributed by atoms with Crippen LogP contribution in [0, 0.1) is 11.8 Å². The van der Waals surface area contributed by atoms with Gasteiger partial charge in [0, 0.05) is 46.2 Å². The number of benzene rings is 2. The van der Waals surface area contributed by atoms with E-state index in [1.54, 1.807) is 31.3 Å². The number of halogens is 2. The van der Waals surface area contributed by atoms with E-state index in [2.05, 4.69) is 9.71 Å². The van der Waals surface area contributed by atoms with Crippen LogP contribution in [0.1, 0.15) is 44.5 Å². The van der Waals surface area contributed by atoms with Crippen molar-refractivity contribution in [1.82, 2.24) is 9.71 Å². The minimum atomic E-state index is -1.27. The molecule has 2 aromatic heterocycles. The van der Waals surface area contributed by atoms with Crippen LogP contribution in [0.15, 0.2) is 59.1 Å². The van der Waals surface area contributed by atoms with Gasteiger partial charge < -0.3 is 18.4 Å². The molecule has 4 rings (SSSR count). The van der Waals surface area contributed by atoms with Crippen molar-refractivity contribution in [3.63, 3.8) is 0 Å². The van der Waals surface area contributed by atoms with Gasteiger partial charge in [0.1, 0.15) is 28.5 Å². The maximum Gasteiger partial charge on any atom is 0.310 e. The number of hydrogen-bond donors (Lipinski definition) is 1. The lowest BCUT2D eigenvalue weighted by Crippen LogP contribution is -2.39. The van der Waals surface area contributed by atoms with Crippen LogP contribution in [-0.2, 0) is 40.5 Å². The fourth-order valence-electron chi connectivity index (χ4n) is 3.92. The predicted octanol–water partition coefficient (Wildman–Crippen LogP) is 6.01. The van der Waals surface area contributed by atoms with Crippen LogP contribution in [0.25, 0.3) is 22.1 Å². The summed E-state index contributed by atoms with van der Waals surface area (Å²) in [4.78, 5) is 16.3. The van der Waals surface area contributed by atoms with Gasteiger partial charge in [0.2, 0.25) is 0 Å². The summed E-state index contributed by atoms with van der Waals surface area (Å²) in [6.07, 6.45) is 1.56. The van der Waals surface area contributed by atoms with E-state index in [1.165, 1.54) is 24.3 Å². The minimum absolute atomic E-state index is 0.0269. The summed E-state index contributed by atoms with van der Waals surface area (Å²) < 4.78 is 59.4. The highest BCUT2D eigenvalue weighted by Gasteiger charge is 2.26. The summed E-state index contributed by atoms with van der Waals surface area (Å²) in [5.41, 5.74) is 3.50. The molecular weight excluding hydrogens is 526 g/mol. The van der Waals surface area contributed by atoms with E-state index in [0.29, 0.717) is 33.4 Å². The highest BCUT2D eigenvalue weighted by molar-refractivity contribution is 7.90. The molecule has 0 fully saturated rings. The molecule has 0 saturated carbocycles. The Morgan fingerprint density at radius 1 is 1.13 bits per heavy atom. The number of aromatic nitrogens is 1. The number of nitrogens with zero attached hydrogens (tertiary/aromatic N) is 1. The predicted molar refractivity (Wildman–Crippen MR) is 145 cm³/mol. The SMILES string of the molecule is CCOC(=O)Cc1ccc(F)cc1OCc1cc(-c2ccnc(CN[S+]([O-])C(C)(C)C)c2)c2oc(F)cc2c1. The number of esters is 1. The number of nitrogens with one attached hydrogen (secondary N) is 1. The first-order valence-corrected chi connectivity index (χ1v) is 13.6. The maximum absolute atomic E-state index is 14.1. The lowest BCUT2D eigenvalue weighted by molar-refractivity contribution is -0.142. The largest absolute Gasteiger partial charge is 0.598 e. The maximum atomic E-state index is 14.1. The molecule has 0 spiro atoms. The second kappa shape index (κ2) is 12.1. The van der Waals surface area contributed by atoms with E-state index < -0.39 is 33.9 Å². The lowest BCUT2D eigenvalue weighted by Gasteiger charge is -2.23. The van der Waals surface area contributed by atoms with E-state index in [4.69, 9.17) is 13.9 Å². The second-order valence-electron chi connectivity index (χ2n) is 9.87. The normalized spacial score (nSPS) is 12.5. The molecule has 0 bridgehead atoms. The van der Waals surface area contributed by atoms with Gasteiger partial charge in [0.05, 0.1) is 25.3 Å². The second-order valence-corrected chi connectivity index (χ2v) is 11.9. The van der Waals surface area contributed by atoms with Crippen molar-refractivity contribution in [2.75, 3.05) is 6.61 Å². The number of carbonyl (C=O) groups is 1. The molecule has 4 aromatic rings. The van der Waals surface area contributed by atoms with Crippen LogP contribution in [-0.4, -0.2) is 26.9 Å². The third-order valence-electron chi connectivity index (χ3n) is 5.78. The molecule has 0 aliphatic carbocycles. The summed E-state index contributed by atoms with van der Waals surface area (Å²) in [7, 11) is 0. The van der Waals surface area contributed by atoms with Gasteiger partial charge >= 0.3 is 5.97 Å². The van der Waals surface area contributed by atoms with Gasteiger partial charge in [-0.05, 0) is 69.2 Å². The Morgan fingerprint density at radius 3 is 2.67 bits per heavy atom. The van der Waals surface area contributed by atoms with Gasteiger partial charge in [-0.25, -0.2) is 4.39 Å². The smallest absolute Gasteiger partial charge is 0.310 e. The number of hydrogen-bond acceptors (Lipinski definition) is 7. The quantitative estimate of drug-likeness (QED) is 0.189. The van der Waals surface area contributed by atoms with Gasteiger partial charge in [0.15, 0.2) is 0 Å². The number of furan rings is 1. The van der Waals surface area contributed by atoms with E-state index in [-0.39, 0.29) is 31.9 Å². The Bertz CT molecular complexity index is 1470. The van der Waals surface area contributed by atoms with Crippen molar-refractivity contribution in [3.8, 4) is 16.9 Å².